The van der Waals surface area contributed by atoms with Gasteiger partial charge in [-0.2, -0.15) is 0 Å². The molecule has 5 aromatic carbocycles. The summed E-state index contributed by atoms with van der Waals surface area (Å²) in [7, 11) is 0. The standard InChI is InChI=1S/C34H26/c1-23-17-18-28-20-24(2)33(34(32(28)19-23)26-13-7-4-8-14-26)29-21-27-15-9-10-16-30(27)31(22-29)25-11-5-3-6-12-25/h3-19,21-22H,2,20H2,1H3. The summed E-state index contributed by atoms with van der Waals surface area (Å²) in [4.78, 5) is 0. The normalized spacial score (nSPS) is 13.3. The minimum absolute atomic E-state index is 0.870. The number of benzene rings is 5. The Balaban J connectivity index is 1.71. The highest BCUT2D eigenvalue weighted by Gasteiger charge is 2.25. The van der Waals surface area contributed by atoms with Crippen LogP contribution >= 0.6 is 0 Å². The van der Waals surface area contributed by atoms with Gasteiger partial charge in [-0.25, -0.2) is 0 Å². The Morgan fingerprint density at radius 1 is 0.559 bits per heavy atom. The lowest BCUT2D eigenvalue weighted by Gasteiger charge is -2.27. The smallest absolute Gasteiger partial charge is 0.00191 e. The van der Waals surface area contributed by atoms with E-state index in [4.69, 9.17) is 0 Å². The second-order valence-corrected chi connectivity index (χ2v) is 9.17. The van der Waals surface area contributed by atoms with Crippen LogP contribution < -0.4 is 0 Å². The molecule has 0 spiro atoms. The van der Waals surface area contributed by atoms with Crippen LogP contribution in [0.3, 0.4) is 0 Å². The van der Waals surface area contributed by atoms with Crippen LogP contribution in [0.5, 0.6) is 0 Å². The van der Waals surface area contributed by atoms with Crippen LogP contribution in [0.1, 0.15) is 27.8 Å². The van der Waals surface area contributed by atoms with Crippen LogP contribution in [-0.4, -0.2) is 0 Å². The van der Waals surface area contributed by atoms with Gasteiger partial charge in [0.15, 0.2) is 0 Å². The molecular weight excluding hydrogens is 408 g/mol. The number of aryl methyl sites for hydroxylation is 1. The Morgan fingerprint density at radius 3 is 2.00 bits per heavy atom. The first-order valence-electron chi connectivity index (χ1n) is 11.9. The SMILES string of the molecule is C=C1Cc2ccc(C)cc2C(c2ccccc2)=C1c1cc(-c2ccccc2)c2ccccc2c1. The predicted molar refractivity (Wildman–Crippen MR) is 146 cm³/mol. The van der Waals surface area contributed by atoms with Crippen molar-refractivity contribution in [3.05, 3.63) is 155 Å². The molecule has 0 aliphatic heterocycles. The summed E-state index contributed by atoms with van der Waals surface area (Å²) in [5, 5.41) is 2.53. The van der Waals surface area contributed by atoms with Gasteiger partial charge in [0.25, 0.3) is 0 Å². The first kappa shape index (κ1) is 20.4. The monoisotopic (exact) mass is 434 g/mol. The molecule has 0 nitrogen and oxygen atoms in total. The summed E-state index contributed by atoms with van der Waals surface area (Å²) < 4.78 is 0. The van der Waals surface area contributed by atoms with Crippen LogP contribution in [0.25, 0.3) is 33.0 Å². The quantitative estimate of drug-likeness (QED) is 0.266. The lowest BCUT2D eigenvalue weighted by Crippen LogP contribution is -2.09. The topological polar surface area (TPSA) is 0 Å². The molecule has 0 unspecified atom stereocenters. The third-order valence-electron chi connectivity index (χ3n) is 6.84. The lowest BCUT2D eigenvalue weighted by molar-refractivity contribution is 1.17. The summed E-state index contributed by atoms with van der Waals surface area (Å²) in [6, 6.07) is 41.7. The molecule has 34 heavy (non-hydrogen) atoms. The van der Waals surface area contributed by atoms with Gasteiger partial charge in [-0.15, -0.1) is 0 Å². The van der Waals surface area contributed by atoms with E-state index in [1.165, 1.54) is 66.4 Å². The number of fused-ring (bicyclic) bond motifs is 2. The molecule has 0 fully saturated rings. The average molecular weight is 435 g/mol. The van der Waals surface area contributed by atoms with Crippen LogP contribution in [0.4, 0.5) is 0 Å². The first-order chi connectivity index (χ1) is 16.7. The molecule has 0 saturated heterocycles. The van der Waals surface area contributed by atoms with Crippen molar-refractivity contribution in [2.24, 2.45) is 0 Å². The van der Waals surface area contributed by atoms with Gasteiger partial charge in [-0.05, 0) is 86.3 Å². The van der Waals surface area contributed by atoms with Crippen LogP contribution in [-0.2, 0) is 6.42 Å². The maximum absolute atomic E-state index is 4.59. The van der Waals surface area contributed by atoms with E-state index in [1.54, 1.807) is 0 Å². The molecule has 1 aliphatic rings. The summed E-state index contributed by atoms with van der Waals surface area (Å²) >= 11 is 0. The molecule has 0 amide bonds. The zero-order chi connectivity index (χ0) is 23.1. The van der Waals surface area contributed by atoms with Crippen molar-refractivity contribution in [1.29, 1.82) is 0 Å². The highest BCUT2D eigenvalue weighted by atomic mass is 14.3. The van der Waals surface area contributed by atoms with Crippen LogP contribution in [0, 0.1) is 6.92 Å². The van der Waals surface area contributed by atoms with Gasteiger partial charge in [-0.3, -0.25) is 0 Å². The van der Waals surface area contributed by atoms with Gasteiger partial charge < -0.3 is 0 Å². The Hall–Kier alpha value is -4.16. The summed E-state index contributed by atoms with van der Waals surface area (Å²) in [6.45, 7) is 6.77. The maximum Gasteiger partial charge on any atom is -0.00191 e. The summed E-state index contributed by atoms with van der Waals surface area (Å²) in [6.07, 6.45) is 0.870. The van der Waals surface area contributed by atoms with Gasteiger partial charge in [0.2, 0.25) is 0 Å². The third kappa shape index (κ3) is 3.49. The van der Waals surface area contributed by atoms with Crippen LogP contribution in [0.2, 0.25) is 0 Å². The second kappa shape index (κ2) is 8.32. The molecule has 0 saturated carbocycles. The van der Waals surface area contributed by atoms with Crippen molar-refractivity contribution in [2.45, 2.75) is 13.3 Å². The van der Waals surface area contributed by atoms with E-state index in [0.717, 1.165) is 6.42 Å². The molecule has 1 aliphatic carbocycles. The van der Waals surface area contributed by atoms with E-state index in [-0.39, 0.29) is 0 Å². The molecule has 0 aromatic heterocycles. The van der Waals surface area contributed by atoms with Gasteiger partial charge in [0, 0.05) is 0 Å². The van der Waals surface area contributed by atoms with Crippen molar-refractivity contribution < 1.29 is 0 Å². The fourth-order valence-electron chi connectivity index (χ4n) is 5.27. The fourth-order valence-corrected chi connectivity index (χ4v) is 5.27. The highest BCUT2D eigenvalue weighted by Crippen LogP contribution is 2.45. The van der Waals surface area contributed by atoms with E-state index < -0.39 is 0 Å². The molecule has 0 bridgehead atoms. The summed E-state index contributed by atoms with van der Waals surface area (Å²) in [5.74, 6) is 0. The molecule has 0 radical (unpaired) electrons. The third-order valence-corrected chi connectivity index (χ3v) is 6.84. The average Bonchev–Trinajstić information content (AvgIpc) is 2.88. The lowest BCUT2D eigenvalue weighted by atomic mass is 9.76. The van der Waals surface area contributed by atoms with E-state index >= 15 is 0 Å². The Morgan fingerprint density at radius 2 is 1.24 bits per heavy atom. The van der Waals surface area contributed by atoms with E-state index in [2.05, 4.69) is 129 Å². The molecular formula is C34H26. The van der Waals surface area contributed by atoms with E-state index in [9.17, 15) is 0 Å². The molecule has 5 aromatic rings. The molecule has 162 valence electrons. The summed E-state index contributed by atoms with van der Waals surface area (Å²) in [5.41, 5.74) is 12.6. The molecule has 0 heterocycles. The number of hydrogen-bond donors (Lipinski definition) is 0. The Labute approximate surface area is 201 Å². The first-order valence-corrected chi connectivity index (χ1v) is 11.9. The minimum atomic E-state index is 0.870. The fraction of sp³-hybridized carbons (Fsp3) is 0.0588. The number of hydrogen-bond acceptors (Lipinski definition) is 0. The van der Waals surface area contributed by atoms with Gasteiger partial charge >= 0.3 is 0 Å². The molecule has 6 rings (SSSR count). The molecule has 0 N–H and O–H groups in total. The van der Waals surface area contributed by atoms with Crippen molar-refractivity contribution in [3.8, 4) is 11.1 Å². The van der Waals surface area contributed by atoms with Gasteiger partial charge in [-0.1, -0.05) is 115 Å². The number of rotatable bonds is 3. The van der Waals surface area contributed by atoms with Gasteiger partial charge in [0.1, 0.15) is 0 Å². The van der Waals surface area contributed by atoms with Crippen molar-refractivity contribution in [1.82, 2.24) is 0 Å². The Kier molecular flexibility index (Phi) is 5.00. The predicted octanol–water partition coefficient (Wildman–Crippen LogP) is 8.89. The van der Waals surface area contributed by atoms with Crippen molar-refractivity contribution in [3.63, 3.8) is 0 Å². The van der Waals surface area contributed by atoms with Crippen molar-refractivity contribution in [2.75, 3.05) is 0 Å². The van der Waals surface area contributed by atoms with Crippen molar-refractivity contribution >= 4 is 21.9 Å². The van der Waals surface area contributed by atoms with E-state index in [0.29, 0.717) is 0 Å². The Bertz CT molecular complexity index is 1570. The van der Waals surface area contributed by atoms with Crippen LogP contribution in [0.15, 0.2) is 127 Å². The minimum Gasteiger partial charge on any atom is -0.0949 e. The zero-order valence-electron chi connectivity index (χ0n) is 19.4. The van der Waals surface area contributed by atoms with Gasteiger partial charge in [0.05, 0.1) is 0 Å². The zero-order valence-corrected chi connectivity index (χ0v) is 19.4. The highest BCUT2D eigenvalue weighted by molar-refractivity contribution is 6.09. The largest absolute Gasteiger partial charge is 0.0949 e. The molecule has 0 atom stereocenters. The molecule has 0 heteroatoms. The number of allylic oxidation sites excluding steroid dienone is 2. The maximum atomic E-state index is 4.59. The van der Waals surface area contributed by atoms with E-state index in [1.807, 2.05) is 0 Å². The second-order valence-electron chi connectivity index (χ2n) is 9.17.